The summed E-state index contributed by atoms with van der Waals surface area (Å²) in [6.07, 6.45) is 11.4. The van der Waals surface area contributed by atoms with E-state index in [0.717, 1.165) is 25.7 Å². The first-order valence-electron chi connectivity index (χ1n) is 10.5. The first-order valence-corrected chi connectivity index (χ1v) is 10.5. The topological polar surface area (TPSA) is 35.5 Å². The van der Waals surface area contributed by atoms with Gasteiger partial charge in [-0.3, -0.25) is 0 Å². The monoisotopic (exact) mass is 362 g/mol. The molecule has 0 spiro atoms. The third-order valence-electron chi connectivity index (χ3n) is 4.86. The van der Waals surface area contributed by atoms with Gasteiger partial charge in [0.25, 0.3) is 0 Å². The number of carbonyl (C=O) groups is 1. The number of methoxy groups -OCH3 is 1. The third-order valence-corrected chi connectivity index (χ3v) is 4.86. The second-order valence-electron chi connectivity index (χ2n) is 7.14. The quantitative estimate of drug-likeness (QED) is 0.295. The molecule has 148 valence electrons. The first-order chi connectivity index (χ1) is 12.6. The Kier molecular flexibility index (Phi) is 12.0. The van der Waals surface area contributed by atoms with E-state index in [1.807, 2.05) is 12.1 Å². The van der Waals surface area contributed by atoms with Crippen LogP contribution in [0.4, 0.5) is 0 Å². The van der Waals surface area contributed by atoms with Crippen molar-refractivity contribution in [3.63, 3.8) is 0 Å². The Morgan fingerprint density at radius 1 is 0.885 bits per heavy atom. The lowest BCUT2D eigenvalue weighted by Crippen LogP contribution is -2.23. The van der Waals surface area contributed by atoms with Crippen molar-refractivity contribution in [1.82, 2.24) is 0 Å². The smallest absolute Gasteiger partial charge is 0.338 e. The van der Waals surface area contributed by atoms with E-state index < -0.39 is 0 Å². The van der Waals surface area contributed by atoms with Gasteiger partial charge in [0.05, 0.1) is 12.2 Å². The zero-order valence-corrected chi connectivity index (χ0v) is 17.3. The van der Waals surface area contributed by atoms with Gasteiger partial charge in [-0.25, -0.2) is 4.79 Å². The highest BCUT2D eigenvalue weighted by Gasteiger charge is 2.17. The summed E-state index contributed by atoms with van der Waals surface area (Å²) < 4.78 is 11.0. The zero-order chi connectivity index (χ0) is 19.2. The maximum absolute atomic E-state index is 12.6. The summed E-state index contributed by atoms with van der Waals surface area (Å²) in [4.78, 5) is 12.6. The Morgan fingerprint density at radius 3 is 2.00 bits per heavy atom. The molecule has 0 saturated carbocycles. The van der Waals surface area contributed by atoms with Crippen LogP contribution in [0.3, 0.4) is 0 Å². The number of aryl methyl sites for hydroxylation is 2. The highest BCUT2D eigenvalue weighted by molar-refractivity contribution is 5.90. The van der Waals surface area contributed by atoms with Gasteiger partial charge in [-0.05, 0) is 48.9 Å². The highest BCUT2D eigenvalue weighted by atomic mass is 16.6. The molecule has 3 nitrogen and oxygen atoms in total. The van der Waals surface area contributed by atoms with E-state index in [4.69, 9.17) is 9.47 Å². The molecule has 0 N–H and O–H groups in total. The minimum absolute atomic E-state index is 0.154. The lowest BCUT2D eigenvalue weighted by Gasteiger charge is -2.18. The molecule has 0 saturated heterocycles. The Balaban J connectivity index is 2.51. The molecule has 0 radical (unpaired) electrons. The highest BCUT2D eigenvalue weighted by Crippen LogP contribution is 2.16. The molecule has 0 bridgehead atoms. The fraction of sp³-hybridized carbons (Fsp3) is 0.696. The largest absolute Gasteiger partial charge is 0.456 e. The predicted octanol–water partition coefficient (Wildman–Crippen LogP) is 6.12. The van der Waals surface area contributed by atoms with E-state index in [1.165, 1.54) is 49.7 Å². The Hall–Kier alpha value is -1.35. The molecule has 0 amide bonds. The van der Waals surface area contributed by atoms with E-state index in [0.29, 0.717) is 12.2 Å². The normalized spacial score (nSPS) is 12.2. The van der Waals surface area contributed by atoms with Crippen LogP contribution >= 0.6 is 0 Å². The van der Waals surface area contributed by atoms with Crippen LogP contribution in [-0.4, -0.2) is 25.8 Å². The minimum Gasteiger partial charge on any atom is -0.456 e. The number of esters is 1. The lowest BCUT2D eigenvalue weighted by atomic mass is 10.0. The van der Waals surface area contributed by atoms with Crippen molar-refractivity contribution in [2.45, 2.75) is 91.1 Å². The maximum Gasteiger partial charge on any atom is 0.338 e. The van der Waals surface area contributed by atoms with Crippen molar-refractivity contribution in [2.75, 3.05) is 13.7 Å². The standard InChI is InChI=1S/C23H38O3/c1-5-8-9-10-11-12-13-14-22(18-25-4)26-23(24)21-16-19(6-2)15-20(7-3)17-21/h15-17,22H,5-14,18H2,1-4H3. The summed E-state index contributed by atoms with van der Waals surface area (Å²) in [7, 11) is 1.67. The molecule has 1 unspecified atom stereocenters. The summed E-state index contributed by atoms with van der Waals surface area (Å²) in [5.41, 5.74) is 3.04. The number of unbranched alkanes of at least 4 members (excludes halogenated alkanes) is 6. The molecule has 1 atom stereocenters. The second kappa shape index (κ2) is 13.8. The van der Waals surface area contributed by atoms with Gasteiger partial charge in [-0.1, -0.05) is 65.4 Å². The van der Waals surface area contributed by atoms with E-state index in [9.17, 15) is 4.79 Å². The van der Waals surface area contributed by atoms with Crippen LogP contribution in [0.5, 0.6) is 0 Å². The van der Waals surface area contributed by atoms with Gasteiger partial charge in [0.2, 0.25) is 0 Å². The number of carbonyl (C=O) groups excluding carboxylic acids is 1. The number of benzene rings is 1. The average molecular weight is 363 g/mol. The molecule has 0 heterocycles. The lowest BCUT2D eigenvalue weighted by molar-refractivity contribution is 0.00235. The van der Waals surface area contributed by atoms with Gasteiger partial charge >= 0.3 is 5.97 Å². The van der Waals surface area contributed by atoms with Gasteiger partial charge in [0.15, 0.2) is 0 Å². The molecule has 0 aliphatic heterocycles. The van der Waals surface area contributed by atoms with Crippen molar-refractivity contribution in [3.8, 4) is 0 Å². The van der Waals surface area contributed by atoms with Gasteiger partial charge in [-0.15, -0.1) is 0 Å². The zero-order valence-electron chi connectivity index (χ0n) is 17.3. The summed E-state index contributed by atoms with van der Waals surface area (Å²) in [6, 6.07) is 6.08. The van der Waals surface area contributed by atoms with Crippen LogP contribution in [-0.2, 0) is 22.3 Å². The summed E-state index contributed by atoms with van der Waals surface area (Å²) in [6.45, 7) is 6.93. The van der Waals surface area contributed by atoms with Gasteiger partial charge in [0, 0.05) is 7.11 Å². The molecule has 0 aliphatic carbocycles. The van der Waals surface area contributed by atoms with Crippen LogP contribution in [0.1, 0.15) is 93.6 Å². The number of hydrogen-bond acceptors (Lipinski definition) is 3. The van der Waals surface area contributed by atoms with Crippen LogP contribution in [0, 0.1) is 0 Å². The molecule has 0 aliphatic rings. The van der Waals surface area contributed by atoms with Crippen molar-refractivity contribution in [2.24, 2.45) is 0 Å². The Labute approximate surface area is 160 Å². The van der Waals surface area contributed by atoms with Crippen molar-refractivity contribution in [3.05, 3.63) is 34.9 Å². The van der Waals surface area contributed by atoms with Crippen molar-refractivity contribution < 1.29 is 14.3 Å². The molecule has 1 aromatic carbocycles. The van der Waals surface area contributed by atoms with Crippen LogP contribution in [0.2, 0.25) is 0 Å². The summed E-state index contributed by atoms with van der Waals surface area (Å²) in [5.74, 6) is -0.222. The van der Waals surface area contributed by atoms with Gasteiger partial charge < -0.3 is 9.47 Å². The first kappa shape index (κ1) is 22.7. The van der Waals surface area contributed by atoms with Gasteiger partial charge in [-0.2, -0.15) is 0 Å². The Morgan fingerprint density at radius 2 is 1.46 bits per heavy atom. The van der Waals surface area contributed by atoms with Crippen LogP contribution < -0.4 is 0 Å². The number of rotatable bonds is 14. The fourth-order valence-electron chi connectivity index (χ4n) is 3.20. The van der Waals surface area contributed by atoms with E-state index in [2.05, 4.69) is 26.8 Å². The molecule has 26 heavy (non-hydrogen) atoms. The number of ether oxygens (including phenoxy) is 2. The van der Waals surface area contributed by atoms with E-state index >= 15 is 0 Å². The molecular formula is C23H38O3. The summed E-state index contributed by atoms with van der Waals surface area (Å²) in [5, 5.41) is 0. The maximum atomic E-state index is 12.6. The molecule has 1 aromatic rings. The third kappa shape index (κ3) is 8.84. The second-order valence-corrected chi connectivity index (χ2v) is 7.14. The van der Waals surface area contributed by atoms with Crippen molar-refractivity contribution in [1.29, 1.82) is 0 Å². The predicted molar refractivity (Wildman–Crippen MR) is 109 cm³/mol. The van der Waals surface area contributed by atoms with E-state index in [-0.39, 0.29) is 12.1 Å². The fourth-order valence-corrected chi connectivity index (χ4v) is 3.20. The molecule has 0 aromatic heterocycles. The molecule has 1 rings (SSSR count). The molecule has 0 fully saturated rings. The van der Waals surface area contributed by atoms with Crippen LogP contribution in [0.25, 0.3) is 0 Å². The van der Waals surface area contributed by atoms with E-state index in [1.54, 1.807) is 7.11 Å². The van der Waals surface area contributed by atoms with Crippen molar-refractivity contribution >= 4 is 5.97 Å². The van der Waals surface area contributed by atoms with Gasteiger partial charge in [0.1, 0.15) is 6.10 Å². The summed E-state index contributed by atoms with van der Waals surface area (Å²) >= 11 is 0. The molecule has 3 heteroatoms. The Bertz CT molecular complexity index is 488. The van der Waals surface area contributed by atoms with Crippen LogP contribution in [0.15, 0.2) is 18.2 Å². The number of hydrogen-bond donors (Lipinski definition) is 0. The average Bonchev–Trinajstić information content (AvgIpc) is 2.66. The SMILES string of the molecule is CCCCCCCCCC(COC)OC(=O)c1cc(CC)cc(CC)c1. The minimum atomic E-state index is -0.222. The molecular weight excluding hydrogens is 324 g/mol.